The van der Waals surface area contributed by atoms with Gasteiger partial charge in [-0.15, -0.1) is 11.3 Å². The summed E-state index contributed by atoms with van der Waals surface area (Å²) in [5.41, 5.74) is 5.03. The van der Waals surface area contributed by atoms with E-state index in [0.717, 1.165) is 22.1 Å². The number of aromatic nitrogens is 2. The number of rotatable bonds is 0. The lowest BCUT2D eigenvalue weighted by Gasteiger charge is -1.98. The van der Waals surface area contributed by atoms with Crippen LogP contribution >= 0.6 is 11.3 Å². The molecule has 0 aliphatic heterocycles. The van der Waals surface area contributed by atoms with E-state index in [1.54, 1.807) is 11.3 Å². The standard InChI is InChI=1S/C11H8N2S/c1-7-2-3-8-9(13-7)4-5-10-11(8)12-6-14-10/h2-6H,1H3. The molecule has 0 unspecified atom stereocenters. The van der Waals surface area contributed by atoms with Crippen LogP contribution in [0.4, 0.5) is 0 Å². The van der Waals surface area contributed by atoms with Gasteiger partial charge in [0, 0.05) is 11.1 Å². The van der Waals surface area contributed by atoms with E-state index in [1.807, 2.05) is 18.5 Å². The molecule has 0 radical (unpaired) electrons. The highest BCUT2D eigenvalue weighted by molar-refractivity contribution is 7.16. The Morgan fingerprint density at radius 3 is 3.00 bits per heavy atom. The molecule has 0 saturated heterocycles. The Hall–Kier alpha value is -1.48. The van der Waals surface area contributed by atoms with E-state index in [0.29, 0.717) is 0 Å². The minimum atomic E-state index is 1.03. The molecule has 0 saturated carbocycles. The predicted molar refractivity (Wildman–Crippen MR) is 59.7 cm³/mol. The van der Waals surface area contributed by atoms with Crippen molar-refractivity contribution in [1.29, 1.82) is 0 Å². The lowest BCUT2D eigenvalue weighted by Crippen LogP contribution is -1.83. The molecular formula is C11H8N2S. The smallest absolute Gasteiger partial charge is 0.0905 e. The van der Waals surface area contributed by atoms with Crippen LogP contribution < -0.4 is 0 Å². The second-order valence-corrected chi connectivity index (χ2v) is 4.17. The summed E-state index contributed by atoms with van der Waals surface area (Å²) in [6, 6.07) is 8.27. The van der Waals surface area contributed by atoms with Gasteiger partial charge in [0.1, 0.15) is 0 Å². The molecule has 0 amide bonds. The fraction of sp³-hybridized carbons (Fsp3) is 0.0909. The summed E-state index contributed by atoms with van der Waals surface area (Å²) >= 11 is 1.67. The summed E-state index contributed by atoms with van der Waals surface area (Å²) in [6.07, 6.45) is 0. The summed E-state index contributed by atoms with van der Waals surface area (Å²) in [6.45, 7) is 2.00. The lowest BCUT2D eigenvalue weighted by atomic mass is 10.2. The molecule has 0 N–H and O–H groups in total. The van der Waals surface area contributed by atoms with Crippen molar-refractivity contribution in [2.45, 2.75) is 6.92 Å². The molecule has 3 aromatic rings. The molecule has 3 rings (SSSR count). The zero-order valence-corrected chi connectivity index (χ0v) is 8.51. The van der Waals surface area contributed by atoms with Crippen LogP contribution in [0.5, 0.6) is 0 Å². The van der Waals surface area contributed by atoms with Gasteiger partial charge in [-0.05, 0) is 31.2 Å². The average Bonchev–Trinajstić information content (AvgIpc) is 2.65. The monoisotopic (exact) mass is 200 g/mol. The van der Waals surface area contributed by atoms with Gasteiger partial charge >= 0.3 is 0 Å². The summed E-state index contributed by atoms with van der Waals surface area (Å²) in [5, 5.41) is 1.15. The normalized spacial score (nSPS) is 11.2. The van der Waals surface area contributed by atoms with Crippen molar-refractivity contribution in [3.63, 3.8) is 0 Å². The third-order valence-electron chi connectivity index (χ3n) is 2.31. The Morgan fingerprint density at radius 1 is 1.14 bits per heavy atom. The first kappa shape index (κ1) is 7.88. The second-order valence-electron chi connectivity index (χ2n) is 3.28. The van der Waals surface area contributed by atoms with Crippen molar-refractivity contribution in [2.24, 2.45) is 0 Å². The zero-order valence-electron chi connectivity index (χ0n) is 7.69. The first-order chi connectivity index (χ1) is 6.84. The number of pyridine rings is 1. The molecule has 0 fully saturated rings. The first-order valence-corrected chi connectivity index (χ1v) is 5.32. The number of benzene rings is 1. The number of hydrogen-bond acceptors (Lipinski definition) is 3. The van der Waals surface area contributed by atoms with Crippen LogP contribution in [0, 0.1) is 6.92 Å². The Labute approximate surface area is 85.2 Å². The lowest BCUT2D eigenvalue weighted by molar-refractivity contribution is 1.26. The Morgan fingerprint density at radius 2 is 2.07 bits per heavy atom. The fourth-order valence-corrected chi connectivity index (χ4v) is 2.33. The van der Waals surface area contributed by atoms with Gasteiger partial charge in [-0.1, -0.05) is 0 Å². The van der Waals surface area contributed by atoms with Gasteiger partial charge in [0.15, 0.2) is 0 Å². The maximum Gasteiger partial charge on any atom is 0.0905 e. The van der Waals surface area contributed by atoms with Gasteiger partial charge in [0.05, 0.1) is 21.2 Å². The van der Waals surface area contributed by atoms with E-state index >= 15 is 0 Å². The van der Waals surface area contributed by atoms with E-state index in [4.69, 9.17) is 0 Å². The Kier molecular flexibility index (Phi) is 1.55. The van der Waals surface area contributed by atoms with Crippen molar-refractivity contribution in [3.05, 3.63) is 35.5 Å². The summed E-state index contributed by atoms with van der Waals surface area (Å²) in [7, 11) is 0. The molecule has 2 nitrogen and oxygen atoms in total. The molecule has 0 spiro atoms. The van der Waals surface area contributed by atoms with Gasteiger partial charge in [-0.3, -0.25) is 4.98 Å². The molecule has 2 aromatic heterocycles. The largest absolute Gasteiger partial charge is 0.253 e. The van der Waals surface area contributed by atoms with Gasteiger partial charge in [0.2, 0.25) is 0 Å². The zero-order chi connectivity index (χ0) is 9.54. The highest BCUT2D eigenvalue weighted by atomic mass is 32.1. The van der Waals surface area contributed by atoms with E-state index in [-0.39, 0.29) is 0 Å². The maximum atomic E-state index is 4.47. The molecule has 2 heterocycles. The summed E-state index contributed by atoms with van der Waals surface area (Å²) in [5.74, 6) is 0. The SMILES string of the molecule is Cc1ccc2c(ccc3scnc32)n1. The number of hydrogen-bond donors (Lipinski definition) is 0. The number of aryl methyl sites for hydroxylation is 1. The molecule has 0 aliphatic rings. The van der Waals surface area contributed by atoms with Crippen LogP contribution in [0.25, 0.3) is 21.1 Å². The molecule has 0 atom stereocenters. The van der Waals surface area contributed by atoms with Crippen LogP contribution in [-0.4, -0.2) is 9.97 Å². The number of thiazole rings is 1. The van der Waals surface area contributed by atoms with Gasteiger partial charge in [-0.25, -0.2) is 4.98 Å². The molecule has 0 bridgehead atoms. The molecule has 1 aromatic carbocycles. The van der Waals surface area contributed by atoms with E-state index in [1.165, 1.54) is 4.70 Å². The van der Waals surface area contributed by atoms with Gasteiger partial charge in [-0.2, -0.15) is 0 Å². The van der Waals surface area contributed by atoms with Gasteiger partial charge in [0.25, 0.3) is 0 Å². The van der Waals surface area contributed by atoms with E-state index in [2.05, 4.69) is 28.2 Å². The highest BCUT2D eigenvalue weighted by Gasteiger charge is 2.03. The van der Waals surface area contributed by atoms with Crippen LogP contribution in [0.1, 0.15) is 5.69 Å². The fourth-order valence-electron chi connectivity index (χ4n) is 1.63. The topological polar surface area (TPSA) is 25.8 Å². The van der Waals surface area contributed by atoms with E-state index < -0.39 is 0 Å². The third kappa shape index (κ3) is 1.02. The van der Waals surface area contributed by atoms with Gasteiger partial charge < -0.3 is 0 Å². The molecule has 68 valence electrons. The molecule has 0 aliphatic carbocycles. The van der Waals surface area contributed by atoms with Crippen LogP contribution in [0.3, 0.4) is 0 Å². The van der Waals surface area contributed by atoms with E-state index in [9.17, 15) is 0 Å². The van der Waals surface area contributed by atoms with Crippen molar-refractivity contribution in [2.75, 3.05) is 0 Å². The summed E-state index contributed by atoms with van der Waals surface area (Å²) in [4.78, 5) is 8.83. The van der Waals surface area contributed by atoms with Crippen molar-refractivity contribution in [1.82, 2.24) is 9.97 Å². The quantitative estimate of drug-likeness (QED) is 0.557. The van der Waals surface area contributed by atoms with Crippen LogP contribution in [0.15, 0.2) is 29.8 Å². The van der Waals surface area contributed by atoms with Crippen LogP contribution in [0.2, 0.25) is 0 Å². The maximum absolute atomic E-state index is 4.47. The van der Waals surface area contributed by atoms with Crippen molar-refractivity contribution >= 4 is 32.5 Å². The number of nitrogens with zero attached hydrogens (tertiary/aromatic N) is 2. The molecular weight excluding hydrogens is 192 g/mol. The second kappa shape index (κ2) is 2.75. The van der Waals surface area contributed by atoms with Crippen molar-refractivity contribution in [3.8, 4) is 0 Å². The number of fused-ring (bicyclic) bond motifs is 3. The highest BCUT2D eigenvalue weighted by Crippen LogP contribution is 2.25. The average molecular weight is 200 g/mol. The minimum absolute atomic E-state index is 1.03. The Balaban J connectivity index is 2.57. The minimum Gasteiger partial charge on any atom is -0.253 e. The third-order valence-corrected chi connectivity index (χ3v) is 3.10. The Bertz CT molecular complexity index is 613. The molecule has 14 heavy (non-hydrogen) atoms. The first-order valence-electron chi connectivity index (χ1n) is 4.44. The molecule has 3 heteroatoms. The van der Waals surface area contributed by atoms with Crippen LogP contribution in [-0.2, 0) is 0 Å². The predicted octanol–water partition coefficient (Wildman–Crippen LogP) is 3.15. The van der Waals surface area contributed by atoms with Crippen molar-refractivity contribution < 1.29 is 0 Å². The summed E-state index contributed by atoms with van der Waals surface area (Å²) < 4.78 is 1.23.